The van der Waals surface area contributed by atoms with Crippen molar-refractivity contribution >= 4 is 11.6 Å². The molecule has 1 rings (SSSR count). The van der Waals surface area contributed by atoms with Crippen molar-refractivity contribution in [3.8, 4) is 5.75 Å². The summed E-state index contributed by atoms with van der Waals surface area (Å²) in [6.07, 6.45) is 3.37. The Balaban J connectivity index is 2.58. The highest BCUT2D eigenvalue weighted by atomic mass is 35.5. The van der Waals surface area contributed by atoms with E-state index in [0.717, 1.165) is 25.1 Å². The van der Waals surface area contributed by atoms with Crippen molar-refractivity contribution in [3.05, 3.63) is 28.8 Å². The van der Waals surface area contributed by atoms with Gasteiger partial charge in [-0.1, -0.05) is 38.4 Å². The Morgan fingerprint density at radius 2 is 2.05 bits per heavy atom. The lowest BCUT2D eigenvalue weighted by Gasteiger charge is -2.22. The number of rotatable bonds is 8. The smallest absolute Gasteiger partial charge is 0.137 e. The maximum Gasteiger partial charge on any atom is 0.137 e. The van der Waals surface area contributed by atoms with Crippen LogP contribution in [0.25, 0.3) is 0 Å². The zero-order valence-corrected chi connectivity index (χ0v) is 13.3. The third-order valence-electron chi connectivity index (χ3n) is 3.42. The lowest BCUT2D eigenvalue weighted by Crippen LogP contribution is -2.34. The molecular formula is C16H26ClNO. The molecule has 0 fully saturated rings. The van der Waals surface area contributed by atoms with Crippen LogP contribution in [0.3, 0.4) is 0 Å². The SMILES string of the molecule is CCCNC(CCc1ccc(Cl)c(OC)c1)C(C)C. The molecule has 0 saturated heterocycles. The molecule has 0 aliphatic rings. The van der Waals surface area contributed by atoms with Gasteiger partial charge in [0.05, 0.1) is 12.1 Å². The van der Waals surface area contributed by atoms with Crippen LogP contribution >= 0.6 is 11.6 Å². The van der Waals surface area contributed by atoms with Gasteiger partial charge in [0.1, 0.15) is 5.75 Å². The van der Waals surface area contributed by atoms with Crippen LogP contribution in [0.5, 0.6) is 5.75 Å². The average molecular weight is 284 g/mol. The minimum atomic E-state index is 0.571. The Kier molecular flexibility index (Phi) is 7.25. The molecule has 0 saturated carbocycles. The molecule has 1 unspecified atom stereocenters. The molecule has 0 aromatic heterocycles. The van der Waals surface area contributed by atoms with Crippen LogP contribution in [0.1, 0.15) is 39.2 Å². The third kappa shape index (κ3) is 5.42. The summed E-state index contributed by atoms with van der Waals surface area (Å²) in [7, 11) is 1.66. The van der Waals surface area contributed by atoms with Crippen LogP contribution in [-0.2, 0) is 6.42 Å². The average Bonchev–Trinajstić information content (AvgIpc) is 2.40. The Hall–Kier alpha value is -0.730. The highest BCUT2D eigenvalue weighted by Crippen LogP contribution is 2.26. The van der Waals surface area contributed by atoms with Gasteiger partial charge in [-0.05, 0) is 49.4 Å². The second-order valence-electron chi connectivity index (χ2n) is 5.31. The number of ether oxygens (including phenoxy) is 1. The molecule has 2 nitrogen and oxygen atoms in total. The van der Waals surface area contributed by atoms with Gasteiger partial charge in [0, 0.05) is 6.04 Å². The van der Waals surface area contributed by atoms with Crippen LogP contribution in [-0.4, -0.2) is 19.7 Å². The van der Waals surface area contributed by atoms with Crippen molar-refractivity contribution in [2.45, 2.75) is 46.1 Å². The van der Waals surface area contributed by atoms with E-state index in [4.69, 9.17) is 16.3 Å². The Labute approximate surface area is 122 Å². The summed E-state index contributed by atoms with van der Waals surface area (Å²) in [5.41, 5.74) is 1.28. The van der Waals surface area contributed by atoms with Gasteiger partial charge >= 0.3 is 0 Å². The quantitative estimate of drug-likeness (QED) is 0.768. The largest absolute Gasteiger partial charge is 0.495 e. The van der Waals surface area contributed by atoms with Gasteiger partial charge in [0.2, 0.25) is 0 Å². The lowest BCUT2D eigenvalue weighted by molar-refractivity contribution is 0.377. The van der Waals surface area contributed by atoms with E-state index in [2.05, 4.69) is 32.2 Å². The van der Waals surface area contributed by atoms with Crippen LogP contribution < -0.4 is 10.1 Å². The molecular weight excluding hydrogens is 258 g/mol. The minimum absolute atomic E-state index is 0.571. The molecule has 0 bridgehead atoms. The van der Waals surface area contributed by atoms with Crippen molar-refractivity contribution in [1.82, 2.24) is 5.32 Å². The van der Waals surface area contributed by atoms with Crippen LogP contribution in [0, 0.1) is 5.92 Å². The van der Waals surface area contributed by atoms with E-state index in [1.807, 2.05) is 12.1 Å². The van der Waals surface area contributed by atoms with Crippen LogP contribution in [0.2, 0.25) is 5.02 Å². The second-order valence-corrected chi connectivity index (χ2v) is 5.72. The molecule has 0 amide bonds. The Bertz CT molecular complexity index is 379. The zero-order valence-electron chi connectivity index (χ0n) is 12.5. The summed E-state index contributed by atoms with van der Waals surface area (Å²) in [6, 6.07) is 6.61. The molecule has 19 heavy (non-hydrogen) atoms. The molecule has 0 spiro atoms. The number of nitrogens with one attached hydrogen (secondary N) is 1. The fourth-order valence-corrected chi connectivity index (χ4v) is 2.38. The molecule has 0 radical (unpaired) electrons. The number of hydrogen-bond donors (Lipinski definition) is 1. The van der Waals surface area contributed by atoms with Crippen molar-refractivity contribution in [1.29, 1.82) is 0 Å². The molecule has 1 atom stereocenters. The summed E-state index contributed by atoms with van der Waals surface area (Å²) in [5, 5.41) is 4.30. The van der Waals surface area contributed by atoms with Crippen molar-refractivity contribution in [2.75, 3.05) is 13.7 Å². The molecule has 0 aliphatic heterocycles. The number of halogens is 1. The highest BCUT2D eigenvalue weighted by molar-refractivity contribution is 6.32. The van der Waals surface area contributed by atoms with E-state index < -0.39 is 0 Å². The maximum atomic E-state index is 6.04. The number of methoxy groups -OCH3 is 1. The van der Waals surface area contributed by atoms with E-state index in [9.17, 15) is 0 Å². The fraction of sp³-hybridized carbons (Fsp3) is 0.625. The first-order valence-corrected chi connectivity index (χ1v) is 7.52. The lowest BCUT2D eigenvalue weighted by atomic mass is 9.96. The van der Waals surface area contributed by atoms with Crippen molar-refractivity contribution in [2.24, 2.45) is 5.92 Å². The number of aryl methyl sites for hydroxylation is 1. The van der Waals surface area contributed by atoms with E-state index in [1.54, 1.807) is 7.11 Å². The Morgan fingerprint density at radius 3 is 2.63 bits per heavy atom. The van der Waals surface area contributed by atoms with Gasteiger partial charge in [-0.3, -0.25) is 0 Å². The maximum absolute atomic E-state index is 6.04. The van der Waals surface area contributed by atoms with Crippen molar-refractivity contribution in [3.63, 3.8) is 0 Å². The van der Waals surface area contributed by atoms with E-state index in [1.165, 1.54) is 12.0 Å². The van der Waals surface area contributed by atoms with Crippen LogP contribution in [0.4, 0.5) is 0 Å². The van der Waals surface area contributed by atoms with Gasteiger partial charge in [0.25, 0.3) is 0 Å². The van der Waals surface area contributed by atoms with E-state index >= 15 is 0 Å². The molecule has 1 aromatic carbocycles. The summed E-state index contributed by atoms with van der Waals surface area (Å²) in [6.45, 7) is 7.84. The first kappa shape index (κ1) is 16.3. The summed E-state index contributed by atoms with van der Waals surface area (Å²) < 4.78 is 5.26. The number of benzene rings is 1. The second kappa shape index (κ2) is 8.44. The monoisotopic (exact) mass is 283 g/mol. The normalized spacial score (nSPS) is 12.7. The van der Waals surface area contributed by atoms with Gasteiger partial charge < -0.3 is 10.1 Å². The fourth-order valence-electron chi connectivity index (χ4n) is 2.18. The predicted octanol–water partition coefficient (Wildman–Crippen LogP) is 4.31. The van der Waals surface area contributed by atoms with Crippen molar-refractivity contribution < 1.29 is 4.74 Å². The van der Waals surface area contributed by atoms with Gasteiger partial charge in [-0.25, -0.2) is 0 Å². The topological polar surface area (TPSA) is 21.3 Å². The predicted molar refractivity (Wildman–Crippen MR) is 83.2 cm³/mol. The summed E-state index contributed by atoms with van der Waals surface area (Å²) >= 11 is 6.04. The third-order valence-corrected chi connectivity index (χ3v) is 3.73. The standard InChI is InChI=1S/C16H26ClNO/c1-5-10-18-15(12(2)3)9-7-13-6-8-14(17)16(11-13)19-4/h6,8,11-12,15,18H,5,7,9-10H2,1-4H3. The number of hydrogen-bond acceptors (Lipinski definition) is 2. The van der Waals surface area contributed by atoms with E-state index in [0.29, 0.717) is 17.0 Å². The van der Waals surface area contributed by atoms with Gasteiger partial charge in [-0.2, -0.15) is 0 Å². The highest BCUT2D eigenvalue weighted by Gasteiger charge is 2.12. The van der Waals surface area contributed by atoms with Gasteiger partial charge in [-0.15, -0.1) is 0 Å². The Morgan fingerprint density at radius 1 is 1.32 bits per heavy atom. The van der Waals surface area contributed by atoms with Crippen LogP contribution in [0.15, 0.2) is 18.2 Å². The molecule has 3 heteroatoms. The first-order valence-electron chi connectivity index (χ1n) is 7.14. The zero-order chi connectivity index (χ0) is 14.3. The summed E-state index contributed by atoms with van der Waals surface area (Å²) in [4.78, 5) is 0. The van der Waals surface area contributed by atoms with Gasteiger partial charge in [0.15, 0.2) is 0 Å². The minimum Gasteiger partial charge on any atom is -0.495 e. The molecule has 108 valence electrons. The molecule has 1 N–H and O–H groups in total. The molecule has 0 aliphatic carbocycles. The van der Waals surface area contributed by atoms with E-state index in [-0.39, 0.29) is 0 Å². The first-order chi connectivity index (χ1) is 9.08. The molecule has 1 aromatic rings. The summed E-state index contributed by atoms with van der Waals surface area (Å²) in [5.74, 6) is 1.42. The molecule has 0 heterocycles.